The molecule has 1 amide bonds. The lowest BCUT2D eigenvalue weighted by Crippen LogP contribution is -2.44. The molecule has 5 heteroatoms. The standard InChI is InChI=1S/C20H30N2O3/c1-15-6-4-11-22(13-15)20(23)14-21-10-5-7-17(21)16-8-9-18(24-2)19(12-16)25-3/h8-9,12,15,17H,4-7,10-11,13-14H2,1-3H3. The zero-order valence-corrected chi connectivity index (χ0v) is 15.7. The number of amides is 1. The Morgan fingerprint density at radius 3 is 2.60 bits per heavy atom. The molecule has 2 saturated heterocycles. The van der Waals surface area contributed by atoms with Gasteiger partial charge in [0.2, 0.25) is 5.91 Å². The second-order valence-corrected chi connectivity index (χ2v) is 7.33. The summed E-state index contributed by atoms with van der Waals surface area (Å²) in [5.74, 6) is 2.40. The Bertz CT molecular complexity index is 605. The van der Waals surface area contributed by atoms with Crippen molar-refractivity contribution in [2.45, 2.75) is 38.6 Å². The van der Waals surface area contributed by atoms with Crippen LogP contribution in [0.15, 0.2) is 18.2 Å². The van der Waals surface area contributed by atoms with Crippen LogP contribution in [0.5, 0.6) is 11.5 Å². The van der Waals surface area contributed by atoms with Crippen LogP contribution in [-0.4, -0.2) is 56.1 Å². The van der Waals surface area contributed by atoms with Gasteiger partial charge < -0.3 is 14.4 Å². The highest BCUT2D eigenvalue weighted by molar-refractivity contribution is 5.78. The van der Waals surface area contributed by atoms with Gasteiger partial charge in [0.05, 0.1) is 20.8 Å². The number of piperidine rings is 1. The van der Waals surface area contributed by atoms with Gasteiger partial charge in [-0.1, -0.05) is 13.0 Å². The first-order chi connectivity index (χ1) is 12.1. The van der Waals surface area contributed by atoms with Crippen molar-refractivity contribution in [2.24, 2.45) is 5.92 Å². The van der Waals surface area contributed by atoms with Crippen molar-refractivity contribution in [3.8, 4) is 11.5 Å². The molecule has 5 nitrogen and oxygen atoms in total. The molecule has 2 fully saturated rings. The van der Waals surface area contributed by atoms with E-state index >= 15 is 0 Å². The summed E-state index contributed by atoms with van der Waals surface area (Å²) in [5.41, 5.74) is 1.20. The number of benzene rings is 1. The number of rotatable bonds is 5. The molecule has 0 spiro atoms. The fraction of sp³-hybridized carbons (Fsp3) is 0.650. The molecule has 138 valence electrons. The van der Waals surface area contributed by atoms with Gasteiger partial charge >= 0.3 is 0 Å². The molecular weight excluding hydrogens is 316 g/mol. The average Bonchev–Trinajstić information content (AvgIpc) is 3.09. The Kier molecular flexibility index (Phi) is 5.84. The molecule has 2 aliphatic rings. The van der Waals surface area contributed by atoms with Gasteiger partial charge in [0.25, 0.3) is 0 Å². The minimum Gasteiger partial charge on any atom is -0.493 e. The zero-order chi connectivity index (χ0) is 17.8. The van der Waals surface area contributed by atoms with Crippen LogP contribution in [0.4, 0.5) is 0 Å². The Balaban J connectivity index is 1.69. The Labute approximate surface area is 150 Å². The van der Waals surface area contributed by atoms with Crippen LogP contribution in [-0.2, 0) is 4.79 Å². The van der Waals surface area contributed by atoms with Crippen molar-refractivity contribution < 1.29 is 14.3 Å². The minimum absolute atomic E-state index is 0.277. The Hall–Kier alpha value is -1.75. The number of hydrogen-bond donors (Lipinski definition) is 0. The molecule has 0 aliphatic carbocycles. The maximum atomic E-state index is 12.7. The van der Waals surface area contributed by atoms with Crippen molar-refractivity contribution in [3.63, 3.8) is 0 Å². The molecule has 0 N–H and O–H groups in total. The number of ether oxygens (including phenoxy) is 2. The molecule has 3 rings (SSSR count). The van der Waals surface area contributed by atoms with Crippen molar-refractivity contribution >= 4 is 5.91 Å². The summed E-state index contributed by atoms with van der Waals surface area (Å²) in [6, 6.07) is 6.39. The highest BCUT2D eigenvalue weighted by atomic mass is 16.5. The van der Waals surface area contributed by atoms with E-state index in [1.807, 2.05) is 6.07 Å². The monoisotopic (exact) mass is 346 g/mol. The maximum absolute atomic E-state index is 12.7. The number of hydrogen-bond acceptors (Lipinski definition) is 4. The Morgan fingerprint density at radius 2 is 1.88 bits per heavy atom. The summed E-state index contributed by atoms with van der Waals surface area (Å²) >= 11 is 0. The third-order valence-corrected chi connectivity index (χ3v) is 5.50. The molecule has 2 aliphatic heterocycles. The summed E-state index contributed by atoms with van der Waals surface area (Å²) in [5, 5.41) is 0. The van der Waals surface area contributed by atoms with Gasteiger partial charge in [0.15, 0.2) is 11.5 Å². The summed E-state index contributed by atoms with van der Waals surface area (Å²) < 4.78 is 10.8. The first-order valence-corrected chi connectivity index (χ1v) is 9.36. The predicted molar refractivity (Wildman–Crippen MR) is 98.1 cm³/mol. The number of likely N-dealkylation sites (tertiary alicyclic amines) is 2. The second kappa shape index (κ2) is 8.09. The number of carbonyl (C=O) groups excluding carboxylic acids is 1. The minimum atomic E-state index is 0.277. The first-order valence-electron chi connectivity index (χ1n) is 9.36. The normalized spacial score (nSPS) is 24.4. The van der Waals surface area contributed by atoms with E-state index in [9.17, 15) is 4.79 Å². The van der Waals surface area contributed by atoms with Gasteiger partial charge in [-0.25, -0.2) is 0 Å². The summed E-state index contributed by atoms with van der Waals surface area (Å²) in [6.07, 6.45) is 4.58. The zero-order valence-electron chi connectivity index (χ0n) is 15.7. The van der Waals surface area contributed by atoms with E-state index in [1.54, 1.807) is 14.2 Å². The van der Waals surface area contributed by atoms with Gasteiger partial charge in [0, 0.05) is 19.1 Å². The molecule has 2 heterocycles. The van der Waals surface area contributed by atoms with E-state index in [4.69, 9.17) is 9.47 Å². The van der Waals surface area contributed by atoms with Crippen LogP contribution in [0, 0.1) is 5.92 Å². The third kappa shape index (κ3) is 4.09. The molecule has 1 aromatic rings. The van der Waals surface area contributed by atoms with E-state index in [1.165, 1.54) is 12.0 Å². The van der Waals surface area contributed by atoms with Crippen LogP contribution < -0.4 is 9.47 Å². The highest BCUT2D eigenvalue weighted by Gasteiger charge is 2.30. The smallest absolute Gasteiger partial charge is 0.236 e. The van der Waals surface area contributed by atoms with E-state index in [2.05, 4.69) is 28.9 Å². The molecule has 0 radical (unpaired) electrons. The average molecular weight is 346 g/mol. The lowest BCUT2D eigenvalue weighted by Gasteiger charge is -2.33. The van der Waals surface area contributed by atoms with E-state index < -0.39 is 0 Å². The van der Waals surface area contributed by atoms with Crippen molar-refractivity contribution in [1.29, 1.82) is 0 Å². The van der Waals surface area contributed by atoms with Gasteiger partial charge in [-0.2, -0.15) is 0 Å². The largest absolute Gasteiger partial charge is 0.493 e. The van der Waals surface area contributed by atoms with Gasteiger partial charge in [-0.3, -0.25) is 9.69 Å². The number of carbonyl (C=O) groups is 1. The van der Waals surface area contributed by atoms with Crippen LogP contribution in [0.1, 0.15) is 44.2 Å². The molecular formula is C20H30N2O3. The van der Waals surface area contributed by atoms with Crippen LogP contribution in [0.25, 0.3) is 0 Å². The summed E-state index contributed by atoms with van der Waals surface area (Å²) in [7, 11) is 3.31. The second-order valence-electron chi connectivity index (χ2n) is 7.33. The van der Waals surface area contributed by atoms with Crippen molar-refractivity contribution in [2.75, 3.05) is 40.4 Å². The van der Waals surface area contributed by atoms with Crippen LogP contribution >= 0.6 is 0 Å². The quantitative estimate of drug-likeness (QED) is 0.822. The highest BCUT2D eigenvalue weighted by Crippen LogP contribution is 2.36. The first kappa shape index (κ1) is 18.1. The molecule has 1 aromatic carbocycles. The Morgan fingerprint density at radius 1 is 1.12 bits per heavy atom. The maximum Gasteiger partial charge on any atom is 0.236 e. The summed E-state index contributed by atoms with van der Waals surface area (Å²) in [4.78, 5) is 17.1. The van der Waals surface area contributed by atoms with Gasteiger partial charge in [-0.15, -0.1) is 0 Å². The molecule has 25 heavy (non-hydrogen) atoms. The molecule has 2 atom stereocenters. The molecule has 0 aromatic heterocycles. The van der Waals surface area contributed by atoms with E-state index in [-0.39, 0.29) is 11.9 Å². The molecule has 2 unspecified atom stereocenters. The third-order valence-electron chi connectivity index (χ3n) is 5.50. The lowest BCUT2D eigenvalue weighted by molar-refractivity contribution is -0.134. The lowest BCUT2D eigenvalue weighted by atomic mass is 10.00. The summed E-state index contributed by atoms with van der Waals surface area (Å²) in [6.45, 7) is 5.56. The topological polar surface area (TPSA) is 42.0 Å². The van der Waals surface area contributed by atoms with Crippen LogP contribution in [0.2, 0.25) is 0 Å². The van der Waals surface area contributed by atoms with Gasteiger partial charge in [0.1, 0.15) is 0 Å². The fourth-order valence-electron chi connectivity index (χ4n) is 4.14. The SMILES string of the molecule is COc1ccc(C2CCCN2CC(=O)N2CCCC(C)C2)cc1OC. The fourth-order valence-corrected chi connectivity index (χ4v) is 4.14. The molecule has 0 bridgehead atoms. The van der Waals surface area contributed by atoms with E-state index in [0.29, 0.717) is 12.5 Å². The predicted octanol–water partition coefficient (Wildman–Crippen LogP) is 3.10. The van der Waals surface area contributed by atoms with E-state index in [0.717, 1.165) is 50.4 Å². The van der Waals surface area contributed by atoms with Crippen molar-refractivity contribution in [3.05, 3.63) is 23.8 Å². The number of nitrogens with zero attached hydrogens (tertiary/aromatic N) is 2. The molecule has 0 saturated carbocycles. The van der Waals surface area contributed by atoms with Crippen molar-refractivity contribution in [1.82, 2.24) is 9.80 Å². The van der Waals surface area contributed by atoms with Gasteiger partial charge in [-0.05, 0) is 55.8 Å². The number of methoxy groups -OCH3 is 2. The van der Waals surface area contributed by atoms with Crippen LogP contribution in [0.3, 0.4) is 0 Å².